The van der Waals surface area contributed by atoms with Gasteiger partial charge in [-0.1, -0.05) is 29.3 Å². The van der Waals surface area contributed by atoms with Crippen LogP contribution in [0.15, 0.2) is 46.9 Å². The van der Waals surface area contributed by atoms with Crippen LogP contribution in [0.25, 0.3) is 11.5 Å². The third kappa shape index (κ3) is 3.81. The Kier molecular flexibility index (Phi) is 4.47. The molecule has 0 spiro atoms. The summed E-state index contributed by atoms with van der Waals surface area (Å²) in [5.41, 5.74) is 1.20. The van der Waals surface area contributed by atoms with Crippen LogP contribution in [-0.4, -0.2) is 10.2 Å². The van der Waals surface area contributed by atoms with Crippen molar-refractivity contribution >= 4 is 23.2 Å². The standard InChI is InChI=1S/C16H9Cl2N3O2/c17-12-5-13(18)7-14(6-12)22-9-15-20-21-16(23-15)11-3-1-2-10(4-11)8-19/h1-7H,9H2. The topological polar surface area (TPSA) is 71.9 Å². The SMILES string of the molecule is N#Cc1cccc(-c2nnc(COc3cc(Cl)cc(Cl)c3)o2)c1. The molecule has 114 valence electrons. The zero-order chi connectivity index (χ0) is 16.2. The summed E-state index contributed by atoms with van der Waals surface area (Å²) in [6, 6.07) is 13.9. The molecule has 0 N–H and O–H groups in total. The molecule has 2 aromatic carbocycles. The van der Waals surface area contributed by atoms with Gasteiger partial charge in [0.1, 0.15) is 5.75 Å². The molecule has 0 aliphatic carbocycles. The van der Waals surface area contributed by atoms with Crippen molar-refractivity contribution in [2.75, 3.05) is 0 Å². The Balaban J connectivity index is 1.73. The molecule has 5 nitrogen and oxygen atoms in total. The van der Waals surface area contributed by atoms with Crippen LogP contribution >= 0.6 is 23.2 Å². The lowest BCUT2D eigenvalue weighted by Crippen LogP contribution is -1.95. The predicted molar refractivity (Wildman–Crippen MR) is 85.2 cm³/mol. The second-order valence-corrected chi connectivity index (χ2v) is 5.46. The maximum atomic E-state index is 8.91. The van der Waals surface area contributed by atoms with Crippen LogP contribution in [0.5, 0.6) is 5.75 Å². The van der Waals surface area contributed by atoms with E-state index in [1.807, 2.05) is 0 Å². The lowest BCUT2D eigenvalue weighted by Gasteiger charge is -2.04. The smallest absolute Gasteiger partial charge is 0.254 e. The summed E-state index contributed by atoms with van der Waals surface area (Å²) in [5, 5.41) is 17.7. The first kappa shape index (κ1) is 15.3. The molecule has 7 heteroatoms. The van der Waals surface area contributed by atoms with E-state index in [4.69, 9.17) is 37.6 Å². The fraction of sp³-hybridized carbons (Fsp3) is 0.0625. The minimum atomic E-state index is 0.0849. The Hall–Kier alpha value is -2.55. The Bertz CT molecular complexity index is 867. The normalized spacial score (nSPS) is 10.3. The predicted octanol–water partition coefficient (Wildman–Crippen LogP) is 4.49. The minimum absolute atomic E-state index is 0.0849. The lowest BCUT2D eigenvalue weighted by atomic mass is 10.1. The minimum Gasteiger partial charge on any atom is -0.484 e. The van der Waals surface area contributed by atoms with Gasteiger partial charge in [0.15, 0.2) is 6.61 Å². The van der Waals surface area contributed by atoms with Gasteiger partial charge in [0.2, 0.25) is 5.89 Å². The third-order valence-corrected chi connectivity index (χ3v) is 3.34. The molecule has 1 heterocycles. The molecule has 0 aliphatic rings. The highest BCUT2D eigenvalue weighted by Gasteiger charge is 2.10. The average molecular weight is 346 g/mol. The molecule has 0 saturated heterocycles. The molecule has 23 heavy (non-hydrogen) atoms. The number of aromatic nitrogens is 2. The first-order valence-electron chi connectivity index (χ1n) is 6.56. The first-order valence-corrected chi connectivity index (χ1v) is 7.31. The van der Waals surface area contributed by atoms with Crippen LogP contribution < -0.4 is 4.74 Å². The van der Waals surface area contributed by atoms with Crippen molar-refractivity contribution in [2.45, 2.75) is 6.61 Å². The molecule has 0 aliphatic heterocycles. The summed E-state index contributed by atoms with van der Waals surface area (Å²) in [5.74, 6) is 1.14. The zero-order valence-electron chi connectivity index (χ0n) is 11.7. The van der Waals surface area contributed by atoms with Gasteiger partial charge in [0, 0.05) is 15.6 Å². The fourth-order valence-electron chi connectivity index (χ4n) is 1.91. The second-order valence-electron chi connectivity index (χ2n) is 4.59. The quantitative estimate of drug-likeness (QED) is 0.696. The highest BCUT2D eigenvalue weighted by molar-refractivity contribution is 6.34. The number of benzene rings is 2. The van der Waals surface area contributed by atoms with Crippen LogP contribution in [0.4, 0.5) is 0 Å². The Morgan fingerprint density at radius 3 is 2.61 bits per heavy atom. The van der Waals surface area contributed by atoms with Gasteiger partial charge in [-0.05, 0) is 36.4 Å². The molecular weight excluding hydrogens is 337 g/mol. The molecule has 0 fully saturated rings. The van der Waals surface area contributed by atoms with Crippen molar-refractivity contribution in [1.29, 1.82) is 5.26 Å². The highest BCUT2D eigenvalue weighted by atomic mass is 35.5. The van der Waals surface area contributed by atoms with Crippen molar-refractivity contribution in [3.63, 3.8) is 0 Å². The average Bonchev–Trinajstić information content (AvgIpc) is 3.01. The van der Waals surface area contributed by atoms with Crippen molar-refractivity contribution in [1.82, 2.24) is 10.2 Å². The van der Waals surface area contributed by atoms with Crippen LogP contribution in [0.1, 0.15) is 11.5 Å². The number of rotatable bonds is 4. The zero-order valence-corrected chi connectivity index (χ0v) is 13.2. The summed E-state index contributed by atoms with van der Waals surface area (Å²) in [6.45, 7) is 0.0849. The van der Waals surface area contributed by atoms with Gasteiger partial charge in [-0.15, -0.1) is 10.2 Å². The van der Waals surface area contributed by atoms with Gasteiger partial charge in [-0.25, -0.2) is 0 Å². The van der Waals surface area contributed by atoms with Crippen LogP contribution in [0.3, 0.4) is 0 Å². The van der Waals surface area contributed by atoms with E-state index in [1.165, 1.54) is 0 Å². The summed E-state index contributed by atoms with van der Waals surface area (Å²) >= 11 is 11.8. The summed E-state index contributed by atoms with van der Waals surface area (Å²) in [4.78, 5) is 0. The number of nitriles is 1. The van der Waals surface area contributed by atoms with Crippen molar-refractivity contribution in [3.8, 4) is 23.3 Å². The van der Waals surface area contributed by atoms with E-state index in [-0.39, 0.29) is 6.61 Å². The van der Waals surface area contributed by atoms with Gasteiger partial charge < -0.3 is 9.15 Å². The van der Waals surface area contributed by atoms with E-state index < -0.39 is 0 Å². The van der Waals surface area contributed by atoms with E-state index in [1.54, 1.807) is 42.5 Å². The maximum Gasteiger partial charge on any atom is 0.254 e. The number of ether oxygens (including phenoxy) is 1. The first-order chi connectivity index (χ1) is 11.1. The highest BCUT2D eigenvalue weighted by Crippen LogP contribution is 2.25. The molecule has 0 radical (unpaired) electrons. The second kappa shape index (κ2) is 6.69. The van der Waals surface area contributed by atoms with E-state index in [0.717, 1.165) is 0 Å². The maximum absolute atomic E-state index is 8.91. The number of hydrogen-bond acceptors (Lipinski definition) is 5. The summed E-state index contributed by atoms with van der Waals surface area (Å²) in [7, 11) is 0. The third-order valence-electron chi connectivity index (χ3n) is 2.90. The van der Waals surface area contributed by atoms with Gasteiger partial charge in [-0.3, -0.25) is 0 Å². The molecule has 3 rings (SSSR count). The van der Waals surface area contributed by atoms with Crippen LogP contribution in [0.2, 0.25) is 10.0 Å². The molecular formula is C16H9Cl2N3O2. The van der Waals surface area contributed by atoms with E-state index >= 15 is 0 Å². The number of nitrogens with zero attached hydrogens (tertiary/aromatic N) is 3. The molecule has 3 aromatic rings. The largest absolute Gasteiger partial charge is 0.484 e. The van der Waals surface area contributed by atoms with Gasteiger partial charge >= 0.3 is 0 Å². The molecule has 0 bridgehead atoms. The van der Waals surface area contributed by atoms with Crippen molar-refractivity contribution in [2.24, 2.45) is 0 Å². The van der Waals surface area contributed by atoms with Gasteiger partial charge in [0.05, 0.1) is 11.6 Å². The molecule has 0 amide bonds. The number of halogens is 2. The van der Waals surface area contributed by atoms with Crippen molar-refractivity contribution in [3.05, 3.63) is 64.0 Å². The molecule has 1 aromatic heterocycles. The van der Waals surface area contributed by atoms with Gasteiger partial charge in [-0.2, -0.15) is 5.26 Å². The molecule has 0 unspecified atom stereocenters. The van der Waals surface area contributed by atoms with E-state index in [0.29, 0.717) is 38.7 Å². The van der Waals surface area contributed by atoms with Gasteiger partial charge in [0.25, 0.3) is 5.89 Å². The lowest BCUT2D eigenvalue weighted by molar-refractivity contribution is 0.264. The molecule has 0 atom stereocenters. The summed E-state index contributed by atoms with van der Waals surface area (Å²) in [6.07, 6.45) is 0. The monoisotopic (exact) mass is 345 g/mol. The Labute approximate surface area is 142 Å². The summed E-state index contributed by atoms with van der Waals surface area (Å²) < 4.78 is 11.1. The fourth-order valence-corrected chi connectivity index (χ4v) is 2.41. The number of hydrogen-bond donors (Lipinski definition) is 0. The van der Waals surface area contributed by atoms with Crippen LogP contribution in [-0.2, 0) is 6.61 Å². The van der Waals surface area contributed by atoms with Crippen LogP contribution in [0, 0.1) is 11.3 Å². The molecule has 0 saturated carbocycles. The Morgan fingerprint density at radius 1 is 1.09 bits per heavy atom. The van der Waals surface area contributed by atoms with E-state index in [9.17, 15) is 0 Å². The van der Waals surface area contributed by atoms with E-state index in [2.05, 4.69) is 16.3 Å². The van der Waals surface area contributed by atoms with Crippen molar-refractivity contribution < 1.29 is 9.15 Å². The Morgan fingerprint density at radius 2 is 1.87 bits per heavy atom.